The van der Waals surface area contributed by atoms with E-state index in [0.717, 1.165) is 12.3 Å². The summed E-state index contributed by atoms with van der Waals surface area (Å²) in [4.78, 5) is 0. The summed E-state index contributed by atoms with van der Waals surface area (Å²) >= 11 is 5.98. The lowest BCUT2D eigenvalue weighted by molar-refractivity contribution is 0.296. The maximum atomic E-state index is 5.98. The van der Waals surface area contributed by atoms with Gasteiger partial charge in [0.2, 0.25) is 0 Å². The number of rotatable bonds is 4. The minimum Gasteiger partial charge on any atom is -0.487 e. The second kappa shape index (κ2) is 5.82. The lowest BCUT2D eigenvalue weighted by Gasteiger charge is -2.10. The Morgan fingerprint density at radius 3 is 2.71 bits per heavy atom. The molecule has 0 amide bonds. The van der Waals surface area contributed by atoms with Gasteiger partial charge < -0.3 is 9.30 Å². The highest BCUT2D eigenvalue weighted by molar-refractivity contribution is 6.30. The molecule has 0 aliphatic carbocycles. The summed E-state index contributed by atoms with van der Waals surface area (Å²) in [6.07, 6.45) is 0. The van der Waals surface area contributed by atoms with Crippen molar-refractivity contribution in [2.45, 2.75) is 27.0 Å². The van der Waals surface area contributed by atoms with Crippen LogP contribution in [0.1, 0.15) is 18.2 Å². The minimum absolute atomic E-state index is 0.544. The standard InChI is InChI=1S/C18H18ClNO/c1-3-20-16(10-14-8-7-13(2)9-18(14)20)12-21-17-6-4-5-15(19)11-17/h4-11H,3,12H2,1-2H3. The molecule has 1 aromatic heterocycles. The first-order valence-corrected chi connectivity index (χ1v) is 7.52. The molecule has 0 spiro atoms. The number of benzene rings is 2. The van der Waals surface area contributed by atoms with Crippen molar-refractivity contribution in [2.75, 3.05) is 0 Å². The van der Waals surface area contributed by atoms with E-state index in [2.05, 4.69) is 42.7 Å². The van der Waals surface area contributed by atoms with E-state index in [1.807, 2.05) is 24.3 Å². The van der Waals surface area contributed by atoms with Gasteiger partial charge in [0, 0.05) is 22.5 Å². The Balaban J connectivity index is 1.90. The van der Waals surface area contributed by atoms with Crippen LogP contribution in [-0.2, 0) is 13.2 Å². The smallest absolute Gasteiger partial charge is 0.128 e. The molecule has 21 heavy (non-hydrogen) atoms. The normalized spacial score (nSPS) is 11.0. The Bertz CT molecular complexity index is 776. The van der Waals surface area contributed by atoms with Crippen molar-refractivity contribution in [3.63, 3.8) is 0 Å². The Morgan fingerprint density at radius 2 is 1.95 bits per heavy atom. The van der Waals surface area contributed by atoms with Gasteiger partial charge in [-0.1, -0.05) is 29.8 Å². The van der Waals surface area contributed by atoms with Gasteiger partial charge in [-0.3, -0.25) is 0 Å². The third-order valence-electron chi connectivity index (χ3n) is 3.64. The summed E-state index contributed by atoms with van der Waals surface area (Å²) in [6, 6.07) is 16.2. The summed E-state index contributed by atoms with van der Waals surface area (Å²) in [5.74, 6) is 0.798. The van der Waals surface area contributed by atoms with Crippen LogP contribution in [0.2, 0.25) is 5.02 Å². The molecule has 2 nitrogen and oxygen atoms in total. The van der Waals surface area contributed by atoms with Crippen LogP contribution in [0, 0.1) is 6.92 Å². The van der Waals surface area contributed by atoms with Gasteiger partial charge in [0.1, 0.15) is 12.4 Å². The number of halogens is 1. The quantitative estimate of drug-likeness (QED) is 0.645. The summed E-state index contributed by atoms with van der Waals surface area (Å²) in [5, 5.41) is 1.95. The van der Waals surface area contributed by atoms with Crippen molar-refractivity contribution < 1.29 is 4.74 Å². The molecule has 0 aliphatic heterocycles. The van der Waals surface area contributed by atoms with Crippen LogP contribution < -0.4 is 4.74 Å². The molecule has 0 N–H and O–H groups in total. The van der Waals surface area contributed by atoms with Gasteiger partial charge >= 0.3 is 0 Å². The number of fused-ring (bicyclic) bond motifs is 1. The van der Waals surface area contributed by atoms with E-state index in [4.69, 9.17) is 16.3 Å². The Labute approximate surface area is 129 Å². The SMILES string of the molecule is CCn1c(COc2cccc(Cl)c2)cc2ccc(C)cc21. The molecule has 0 atom stereocenters. The maximum Gasteiger partial charge on any atom is 0.128 e. The van der Waals surface area contributed by atoms with Crippen LogP contribution in [-0.4, -0.2) is 4.57 Å². The largest absolute Gasteiger partial charge is 0.487 e. The molecule has 0 bridgehead atoms. The van der Waals surface area contributed by atoms with Gasteiger partial charge in [-0.15, -0.1) is 0 Å². The van der Waals surface area contributed by atoms with Crippen LogP contribution in [0.4, 0.5) is 0 Å². The first kappa shape index (κ1) is 14.0. The third kappa shape index (κ3) is 2.91. The molecular weight excluding hydrogens is 282 g/mol. The molecule has 3 aromatic rings. The van der Waals surface area contributed by atoms with Gasteiger partial charge in [0.05, 0.1) is 5.69 Å². The second-order valence-corrected chi connectivity index (χ2v) is 5.62. The molecule has 1 heterocycles. The molecule has 3 rings (SSSR count). The highest BCUT2D eigenvalue weighted by Crippen LogP contribution is 2.23. The van der Waals surface area contributed by atoms with Gasteiger partial charge in [0.15, 0.2) is 0 Å². The van der Waals surface area contributed by atoms with Crippen LogP contribution in [0.15, 0.2) is 48.5 Å². The van der Waals surface area contributed by atoms with Crippen LogP contribution in [0.25, 0.3) is 10.9 Å². The van der Waals surface area contributed by atoms with Gasteiger partial charge in [0.25, 0.3) is 0 Å². The first-order chi connectivity index (χ1) is 10.2. The molecule has 0 aliphatic rings. The Kier molecular flexibility index (Phi) is 3.89. The van der Waals surface area contributed by atoms with E-state index in [1.54, 1.807) is 0 Å². The van der Waals surface area contributed by atoms with E-state index >= 15 is 0 Å². The number of hydrogen-bond donors (Lipinski definition) is 0. The fourth-order valence-electron chi connectivity index (χ4n) is 2.63. The molecule has 2 aromatic carbocycles. The molecule has 0 saturated carbocycles. The lowest BCUT2D eigenvalue weighted by atomic mass is 10.2. The second-order valence-electron chi connectivity index (χ2n) is 5.19. The van der Waals surface area contributed by atoms with Crippen molar-refractivity contribution in [3.05, 3.63) is 64.8 Å². The van der Waals surface area contributed by atoms with E-state index in [-0.39, 0.29) is 0 Å². The van der Waals surface area contributed by atoms with Crippen molar-refractivity contribution >= 4 is 22.5 Å². The van der Waals surface area contributed by atoms with Crippen LogP contribution in [0.5, 0.6) is 5.75 Å². The number of nitrogens with zero attached hydrogens (tertiary/aromatic N) is 1. The summed E-state index contributed by atoms with van der Waals surface area (Å²) in [6.45, 7) is 5.75. The molecule has 3 heteroatoms. The number of aryl methyl sites for hydroxylation is 2. The van der Waals surface area contributed by atoms with Gasteiger partial charge in [-0.2, -0.15) is 0 Å². The van der Waals surface area contributed by atoms with Crippen molar-refractivity contribution in [1.82, 2.24) is 4.57 Å². The predicted octanol–water partition coefficient (Wildman–Crippen LogP) is 5.20. The average Bonchev–Trinajstić information content (AvgIpc) is 2.82. The zero-order valence-electron chi connectivity index (χ0n) is 12.3. The van der Waals surface area contributed by atoms with E-state index in [1.165, 1.54) is 22.2 Å². The zero-order valence-corrected chi connectivity index (χ0v) is 13.0. The lowest BCUT2D eigenvalue weighted by Crippen LogP contribution is -2.04. The predicted molar refractivity (Wildman–Crippen MR) is 88.1 cm³/mol. The summed E-state index contributed by atoms with van der Waals surface area (Å²) in [7, 11) is 0. The van der Waals surface area contributed by atoms with Gasteiger partial charge in [-0.05, 0) is 49.7 Å². The summed E-state index contributed by atoms with van der Waals surface area (Å²) < 4.78 is 8.17. The van der Waals surface area contributed by atoms with Crippen LogP contribution >= 0.6 is 11.6 Å². The van der Waals surface area contributed by atoms with Crippen molar-refractivity contribution in [3.8, 4) is 5.75 Å². The molecule has 0 fully saturated rings. The Morgan fingerprint density at radius 1 is 1.10 bits per heavy atom. The highest BCUT2D eigenvalue weighted by Gasteiger charge is 2.08. The molecular formula is C18H18ClNO. The number of ether oxygens (including phenoxy) is 1. The third-order valence-corrected chi connectivity index (χ3v) is 3.88. The fourth-order valence-corrected chi connectivity index (χ4v) is 2.81. The van der Waals surface area contributed by atoms with Crippen LogP contribution in [0.3, 0.4) is 0 Å². The molecule has 0 saturated heterocycles. The van der Waals surface area contributed by atoms with Gasteiger partial charge in [-0.25, -0.2) is 0 Å². The monoisotopic (exact) mass is 299 g/mol. The minimum atomic E-state index is 0.544. The van der Waals surface area contributed by atoms with Crippen molar-refractivity contribution in [2.24, 2.45) is 0 Å². The average molecular weight is 300 g/mol. The number of aromatic nitrogens is 1. The highest BCUT2D eigenvalue weighted by atomic mass is 35.5. The molecule has 108 valence electrons. The van der Waals surface area contributed by atoms with E-state index in [0.29, 0.717) is 11.6 Å². The molecule has 0 radical (unpaired) electrons. The maximum absolute atomic E-state index is 5.98. The Hall–Kier alpha value is -1.93. The zero-order chi connectivity index (χ0) is 14.8. The number of hydrogen-bond acceptors (Lipinski definition) is 1. The molecule has 0 unspecified atom stereocenters. The summed E-state index contributed by atoms with van der Waals surface area (Å²) in [5.41, 5.74) is 3.72. The van der Waals surface area contributed by atoms with E-state index < -0.39 is 0 Å². The van der Waals surface area contributed by atoms with E-state index in [9.17, 15) is 0 Å². The topological polar surface area (TPSA) is 14.2 Å². The first-order valence-electron chi connectivity index (χ1n) is 7.14. The fraction of sp³-hybridized carbons (Fsp3) is 0.222. The van der Waals surface area contributed by atoms with Crippen molar-refractivity contribution in [1.29, 1.82) is 0 Å².